The third-order valence-corrected chi connectivity index (χ3v) is 5.37. The second-order valence-corrected chi connectivity index (χ2v) is 7.44. The van der Waals surface area contributed by atoms with E-state index in [1.807, 2.05) is 37.6 Å². The second kappa shape index (κ2) is 8.16. The number of carbonyl (C=O) groups excluding carboxylic acids is 1. The summed E-state index contributed by atoms with van der Waals surface area (Å²) in [5.41, 5.74) is 2.67. The van der Waals surface area contributed by atoms with Gasteiger partial charge in [0.1, 0.15) is 5.69 Å². The van der Waals surface area contributed by atoms with E-state index in [1.54, 1.807) is 4.68 Å². The molecule has 0 amide bonds. The number of hydrogen-bond acceptors (Lipinski definition) is 6. The van der Waals surface area contributed by atoms with Gasteiger partial charge in [0, 0.05) is 56.1 Å². The SMILES string of the molecule is CCN1CCN(CC(=O)Cc2cc3cc(-c4cn(C)nn4)ccc3cn2)CC1. The number of fused-ring (bicyclic) bond motifs is 1. The van der Waals surface area contributed by atoms with E-state index in [2.05, 4.69) is 38.1 Å². The molecule has 0 radical (unpaired) electrons. The van der Waals surface area contributed by atoms with Gasteiger partial charge in [0.25, 0.3) is 0 Å². The first-order valence-electron chi connectivity index (χ1n) is 9.82. The van der Waals surface area contributed by atoms with Crippen molar-refractivity contribution in [1.29, 1.82) is 0 Å². The van der Waals surface area contributed by atoms with Crippen LogP contribution in [0.25, 0.3) is 22.0 Å². The number of likely N-dealkylation sites (N-methyl/N-ethyl adjacent to an activating group) is 1. The minimum Gasteiger partial charge on any atom is -0.301 e. The topological polar surface area (TPSA) is 67.2 Å². The standard InChI is InChI=1S/C21H26N6O/c1-3-26-6-8-27(9-7-26)14-20(28)12-19-11-18-10-16(4-5-17(18)13-22-19)21-15-25(2)24-23-21/h4-5,10-11,13,15H,3,6-9,12,14H2,1-2H3. The quantitative estimate of drug-likeness (QED) is 0.651. The summed E-state index contributed by atoms with van der Waals surface area (Å²) in [5.74, 6) is 0.224. The highest BCUT2D eigenvalue weighted by molar-refractivity contribution is 5.88. The Bertz CT molecular complexity index is 974. The van der Waals surface area contributed by atoms with Gasteiger partial charge in [-0.1, -0.05) is 24.3 Å². The molecular formula is C21H26N6O. The Morgan fingerprint density at radius 2 is 1.86 bits per heavy atom. The zero-order valence-electron chi connectivity index (χ0n) is 16.5. The van der Waals surface area contributed by atoms with Crippen LogP contribution in [0.15, 0.2) is 36.7 Å². The van der Waals surface area contributed by atoms with Crippen LogP contribution in [0.1, 0.15) is 12.6 Å². The number of carbonyl (C=O) groups is 1. The summed E-state index contributed by atoms with van der Waals surface area (Å²) >= 11 is 0. The predicted octanol–water partition coefficient (Wildman–Crippen LogP) is 1.78. The molecular weight excluding hydrogens is 352 g/mol. The Hall–Kier alpha value is -2.64. The molecule has 0 bridgehead atoms. The summed E-state index contributed by atoms with van der Waals surface area (Å²) in [6, 6.07) is 8.15. The maximum Gasteiger partial charge on any atom is 0.152 e. The Morgan fingerprint density at radius 3 is 2.57 bits per heavy atom. The summed E-state index contributed by atoms with van der Waals surface area (Å²) in [5, 5.41) is 10.3. The molecule has 0 unspecified atom stereocenters. The average molecular weight is 378 g/mol. The molecule has 7 heteroatoms. The zero-order valence-corrected chi connectivity index (χ0v) is 16.5. The predicted molar refractivity (Wildman–Crippen MR) is 109 cm³/mol. The largest absolute Gasteiger partial charge is 0.301 e. The lowest BCUT2D eigenvalue weighted by Crippen LogP contribution is -2.47. The number of benzene rings is 1. The molecule has 4 rings (SSSR count). The molecule has 1 aromatic carbocycles. The van der Waals surface area contributed by atoms with Crippen molar-refractivity contribution in [1.82, 2.24) is 29.8 Å². The number of aromatic nitrogens is 4. The number of Topliss-reactive ketones (excluding diaryl/α,β-unsaturated/α-hetero) is 1. The molecule has 3 heterocycles. The van der Waals surface area contributed by atoms with Gasteiger partial charge in [0.2, 0.25) is 0 Å². The summed E-state index contributed by atoms with van der Waals surface area (Å²) in [7, 11) is 1.85. The van der Waals surface area contributed by atoms with Crippen LogP contribution in [0.2, 0.25) is 0 Å². The van der Waals surface area contributed by atoms with Crippen molar-refractivity contribution >= 4 is 16.6 Å². The van der Waals surface area contributed by atoms with E-state index < -0.39 is 0 Å². The van der Waals surface area contributed by atoms with Crippen LogP contribution in [0.4, 0.5) is 0 Å². The van der Waals surface area contributed by atoms with Crippen molar-refractivity contribution in [2.45, 2.75) is 13.3 Å². The monoisotopic (exact) mass is 378 g/mol. The van der Waals surface area contributed by atoms with Crippen molar-refractivity contribution in [3.05, 3.63) is 42.4 Å². The number of nitrogens with zero attached hydrogens (tertiary/aromatic N) is 6. The molecule has 7 nitrogen and oxygen atoms in total. The fourth-order valence-corrected chi connectivity index (χ4v) is 3.69. The number of pyridine rings is 1. The average Bonchev–Trinajstić information content (AvgIpc) is 3.14. The van der Waals surface area contributed by atoms with Gasteiger partial charge in [0.15, 0.2) is 5.78 Å². The highest BCUT2D eigenvalue weighted by atomic mass is 16.1. The van der Waals surface area contributed by atoms with Crippen LogP contribution in [0.5, 0.6) is 0 Å². The maximum atomic E-state index is 12.5. The van der Waals surface area contributed by atoms with Gasteiger partial charge >= 0.3 is 0 Å². The molecule has 28 heavy (non-hydrogen) atoms. The lowest BCUT2D eigenvalue weighted by Gasteiger charge is -2.33. The molecule has 1 aliphatic heterocycles. The van der Waals surface area contributed by atoms with E-state index in [4.69, 9.17) is 0 Å². The van der Waals surface area contributed by atoms with Crippen LogP contribution >= 0.6 is 0 Å². The lowest BCUT2D eigenvalue weighted by molar-refractivity contribution is -0.120. The summed E-state index contributed by atoms with van der Waals surface area (Å²) in [6.07, 6.45) is 4.11. The fraction of sp³-hybridized carbons (Fsp3) is 0.429. The molecule has 0 N–H and O–H groups in total. The van der Waals surface area contributed by atoms with Gasteiger partial charge in [-0.15, -0.1) is 5.10 Å². The highest BCUT2D eigenvalue weighted by Gasteiger charge is 2.18. The van der Waals surface area contributed by atoms with Gasteiger partial charge in [-0.2, -0.15) is 0 Å². The van der Waals surface area contributed by atoms with Crippen molar-refractivity contribution in [3.63, 3.8) is 0 Å². The van der Waals surface area contributed by atoms with Gasteiger partial charge in [-0.05, 0) is 24.1 Å². The summed E-state index contributed by atoms with van der Waals surface area (Å²) in [6.45, 7) is 7.79. The Labute approximate surface area is 165 Å². The van der Waals surface area contributed by atoms with Crippen molar-refractivity contribution in [2.24, 2.45) is 7.05 Å². The molecule has 3 aromatic rings. The zero-order chi connectivity index (χ0) is 19.5. The van der Waals surface area contributed by atoms with Gasteiger partial charge < -0.3 is 4.90 Å². The molecule has 0 atom stereocenters. The smallest absolute Gasteiger partial charge is 0.152 e. The Kier molecular flexibility index (Phi) is 5.45. The van der Waals surface area contributed by atoms with E-state index in [0.29, 0.717) is 13.0 Å². The number of aryl methyl sites for hydroxylation is 1. The third-order valence-electron chi connectivity index (χ3n) is 5.37. The molecule has 0 aliphatic carbocycles. The van der Waals surface area contributed by atoms with Crippen LogP contribution < -0.4 is 0 Å². The van der Waals surface area contributed by atoms with E-state index in [1.165, 1.54) is 0 Å². The van der Waals surface area contributed by atoms with E-state index >= 15 is 0 Å². The molecule has 0 spiro atoms. The van der Waals surface area contributed by atoms with Crippen LogP contribution in [-0.4, -0.2) is 74.8 Å². The van der Waals surface area contributed by atoms with Crippen LogP contribution in [0, 0.1) is 0 Å². The van der Waals surface area contributed by atoms with Gasteiger partial charge in [-0.25, -0.2) is 0 Å². The molecule has 0 saturated carbocycles. The molecule has 1 fully saturated rings. The van der Waals surface area contributed by atoms with E-state index in [-0.39, 0.29) is 5.78 Å². The number of piperazine rings is 1. The fourth-order valence-electron chi connectivity index (χ4n) is 3.69. The number of rotatable bonds is 6. The normalized spacial score (nSPS) is 15.9. The number of hydrogen-bond donors (Lipinski definition) is 0. The minimum atomic E-state index is 0.224. The van der Waals surface area contributed by atoms with Crippen molar-refractivity contribution < 1.29 is 4.79 Å². The number of ketones is 1. The molecule has 1 saturated heterocycles. The summed E-state index contributed by atoms with van der Waals surface area (Å²) < 4.78 is 1.69. The maximum absolute atomic E-state index is 12.5. The highest BCUT2D eigenvalue weighted by Crippen LogP contribution is 2.23. The van der Waals surface area contributed by atoms with E-state index in [0.717, 1.165) is 60.4 Å². The first kappa shape index (κ1) is 18.7. The van der Waals surface area contributed by atoms with Gasteiger partial charge in [-0.3, -0.25) is 19.4 Å². The van der Waals surface area contributed by atoms with E-state index in [9.17, 15) is 4.79 Å². The summed E-state index contributed by atoms with van der Waals surface area (Å²) in [4.78, 5) is 21.7. The lowest BCUT2D eigenvalue weighted by atomic mass is 10.0. The van der Waals surface area contributed by atoms with Crippen LogP contribution in [-0.2, 0) is 18.3 Å². The Morgan fingerprint density at radius 1 is 1.07 bits per heavy atom. The molecule has 2 aromatic heterocycles. The Balaban J connectivity index is 1.44. The first-order valence-corrected chi connectivity index (χ1v) is 9.82. The van der Waals surface area contributed by atoms with Crippen molar-refractivity contribution in [3.8, 4) is 11.3 Å². The van der Waals surface area contributed by atoms with Gasteiger partial charge in [0.05, 0.1) is 19.2 Å². The van der Waals surface area contributed by atoms with Crippen molar-refractivity contribution in [2.75, 3.05) is 39.3 Å². The second-order valence-electron chi connectivity index (χ2n) is 7.44. The molecule has 146 valence electrons. The third kappa shape index (κ3) is 4.26. The molecule has 1 aliphatic rings. The first-order chi connectivity index (χ1) is 13.6. The van der Waals surface area contributed by atoms with Crippen LogP contribution in [0.3, 0.4) is 0 Å². The minimum absolute atomic E-state index is 0.224.